The van der Waals surface area contributed by atoms with Crippen molar-refractivity contribution in [3.05, 3.63) is 29.3 Å². The van der Waals surface area contributed by atoms with Gasteiger partial charge in [-0.15, -0.1) is 5.10 Å². The summed E-state index contributed by atoms with van der Waals surface area (Å²) in [7, 11) is 3.43. The smallest absolute Gasteiger partial charge is 0.248 e. The summed E-state index contributed by atoms with van der Waals surface area (Å²) in [6.45, 7) is 6.79. The second kappa shape index (κ2) is 8.41. The van der Waals surface area contributed by atoms with Crippen LogP contribution in [0.4, 0.5) is 0 Å². The fourth-order valence-electron chi connectivity index (χ4n) is 2.99. The minimum atomic E-state index is -0.0576. The molecule has 1 aliphatic heterocycles. The Hall–Kier alpha value is -2.26. The van der Waals surface area contributed by atoms with Crippen molar-refractivity contribution >= 4 is 5.91 Å². The van der Waals surface area contributed by atoms with Gasteiger partial charge in [-0.2, -0.15) is 5.10 Å². The third-order valence-corrected chi connectivity index (χ3v) is 4.52. The summed E-state index contributed by atoms with van der Waals surface area (Å²) in [5.74, 6) is -0.0576. The maximum atomic E-state index is 11.6. The third-order valence-electron chi connectivity index (χ3n) is 4.52. The topological polar surface area (TPSA) is 81.3 Å². The average molecular weight is 361 g/mol. The molecule has 0 atom stereocenters. The van der Waals surface area contributed by atoms with Gasteiger partial charge in [-0.25, -0.2) is 4.68 Å². The molecule has 142 valence electrons. The van der Waals surface area contributed by atoms with E-state index < -0.39 is 0 Å². The Morgan fingerprint density at radius 2 is 2.19 bits per heavy atom. The van der Waals surface area contributed by atoms with Crippen LogP contribution in [0.2, 0.25) is 0 Å². The fourth-order valence-corrected chi connectivity index (χ4v) is 2.99. The van der Waals surface area contributed by atoms with E-state index in [0.29, 0.717) is 6.61 Å². The Kier molecular flexibility index (Phi) is 6.00. The number of amides is 1. The summed E-state index contributed by atoms with van der Waals surface area (Å²) < 4.78 is 9.45. The van der Waals surface area contributed by atoms with Gasteiger partial charge in [0, 0.05) is 58.6 Å². The zero-order chi connectivity index (χ0) is 18.5. The summed E-state index contributed by atoms with van der Waals surface area (Å²) >= 11 is 0. The third kappa shape index (κ3) is 4.47. The van der Waals surface area contributed by atoms with Crippen LogP contribution >= 0.6 is 0 Å². The van der Waals surface area contributed by atoms with E-state index in [-0.39, 0.29) is 12.5 Å². The fraction of sp³-hybridized carbons (Fsp3) is 0.647. The van der Waals surface area contributed by atoms with E-state index in [1.165, 1.54) is 10.5 Å². The second-order valence-corrected chi connectivity index (χ2v) is 6.76. The van der Waals surface area contributed by atoms with Crippen LogP contribution in [0.1, 0.15) is 30.3 Å². The van der Waals surface area contributed by atoms with Crippen molar-refractivity contribution < 1.29 is 9.53 Å². The maximum absolute atomic E-state index is 11.6. The highest BCUT2D eigenvalue weighted by molar-refractivity contribution is 5.76. The number of likely N-dealkylation sites (N-methyl/N-ethyl adjacent to an activating group) is 1. The van der Waals surface area contributed by atoms with E-state index in [2.05, 4.69) is 33.4 Å². The highest BCUT2D eigenvalue weighted by atomic mass is 16.5. The number of rotatable bonds is 7. The summed E-state index contributed by atoms with van der Waals surface area (Å²) in [4.78, 5) is 15.5. The molecule has 0 saturated carbocycles. The van der Waals surface area contributed by atoms with Crippen LogP contribution in [0.3, 0.4) is 0 Å². The Morgan fingerprint density at radius 3 is 2.92 bits per heavy atom. The Morgan fingerprint density at radius 1 is 1.35 bits per heavy atom. The SMILES string of the molecule is CCn1cc(CN2CCCn3nnc(COCC(=O)N(C)C)c3C2)cn1. The average Bonchev–Trinajstić information content (AvgIpc) is 3.17. The van der Waals surface area contributed by atoms with Gasteiger partial charge in [0.05, 0.1) is 18.5 Å². The van der Waals surface area contributed by atoms with Gasteiger partial charge >= 0.3 is 0 Å². The molecule has 9 nitrogen and oxygen atoms in total. The van der Waals surface area contributed by atoms with Gasteiger partial charge < -0.3 is 9.64 Å². The lowest BCUT2D eigenvalue weighted by Gasteiger charge is -2.19. The summed E-state index contributed by atoms with van der Waals surface area (Å²) in [6.07, 6.45) is 5.05. The predicted molar refractivity (Wildman–Crippen MR) is 95.0 cm³/mol. The van der Waals surface area contributed by atoms with Crippen LogP contribution in [0.5, 0.6) is 0 Å². The van der Waals surface area contributed by atoms with Crippen molar-refractivity contribution in [1.82, 2.24) is 34.6 Å². The lowest BCUT2D eigenvalue weighted by atomic mass is 10.2. The number of aryl methyl sites for hydroxylation is 2. The van der Waals surface area contributed by atoms with Gasteiger partial charge in [0.2, 0.25) is 5.91 Å². The molecule has 1 amide bonds. The van der Waals surface area contributed by atoms with Gasteiger partial charge in [-0.3, -0.25) is 14.4 Å². The molecular weight excluding hydrogens is 334 g/mol. The van der Waals surface area contributed by atoms with Gasteiger partial charge in [0.1, 0.15) is 12.3 Å². The molecule has 0 fully saturated rings. The minimum absolute atomic E-state index is 0.0548. The maximum Gasteiger partial charge on any atom is 0.248 e. The molecule has 1 aliphatic rings. The van der Waals surface area contributed by atoms with Gasteiger partial charge in [0.25, 0.3) is 0 Å². The van der Waals surface area contributed by atoms with Gasteiger partial charge in [0.15, 0.2) is 0 Å². The molecule has 0 radical (unpaired) electrons. The van der Waals surface area contributed by atoms with Crippen molar-refractivity contribution in [1.29, 1.82) is 0 Å². The largest absolute Gasteiger partial charge is 0.365 e. The number of nitrogens with zero attached hydrogens (tertiary/aromatic N) is 7. The molecule has 0 spiro atoms. The highest BCUT2D eigenvalue weighted by Crippen LogP contribution is 2.17. The minimum Gasteiger partial charge on any atom is -0.365 e. The van der Waals surface area contributed by atoms with E-state index in [1.54, 1.807) is 14.1 Å². The Labute approximate surface area is 153 Å². The number of hydrogen-bond donors (Lipinski definition) is 0. The molecule has 3 heterocycles. The molecule has 3 rings (SSSR count). The highest BCUT2D eigenvalue weighted by Gasteiger charge is 2.21. The zero-order valence-corrected chi connectivity index (χ0v) is 15.8. The van der Waals surface area contributed by atoms with Crippen LogP contribution in [-0.2, 0) is 42.3 Å². The second-order valence-electron chi connectivity index (χ2n) is 6.76. The first-order valence-electron chi connectivity index (χ1n) is 8.99. The first-order valence-corrected chi connectivity index (χ1v) is 8.99. The number of carbonyl (C=O) groups excluding carboxylic acids is 1. The van der Waals surface area contributed by atoms with Crippen molar-refractivity contribution in [2.24, 2.45) is 0 Å². The van der Waals surface area contributed by atoms with E-state index in [9.17, 15) is 4.79 Å². The molecule has 2 aromatic heterocycles. The van der Waals surface area contributed by atoms with Crippen LogP contribution in [-0.4, -0.2) is 67.7 Å². The molecule has 9 heteroatoms. The van der Waals surface area contributed by atoms with E-state index in [0.717, 1.165) is 50.5 Å². The first-order chi connectivity index (χ1) is 12.6. The monoisotopic (exact) mass is 361 g/mol. The normalized spacial score (nSPS) is 14.9. The van der Waals surface area contributed by atoms with Crippen LogP contribution in [0, 0.1) is 0 Å². The molecular formula is C17H27N7O2. The molecule has 26 heavy (non-hydrogen) atoms. The van der Waals surface area contributed by atoms with Gasteiger partial charge in [-0.05, 0) is 13.3 Å². The quantitative estimate of drug-likeness (QED) is 0.715. The molecule has 2 aromatic rings. The summed E-state index contributed by atoms with van der Waals surface area (Å²) in [5.41, 5.74) is 3.09. The number of ether oxygens (including phenoxy) is 1. The summed E-state index contributed by atoms with van der Waals surface area (Å²) in [6, 6.07) is 0. The summed E-state index contributed by atoms with van der Waals surface area (Å²) in [5, 5.41) is 12.9. The van der Waals surface area contributed by atoms with E-state index >= 15 is 0 Å². The van der Waals surface area contributed by atoms with Crippen LogP contribution < -0.4 is 0 Å². The number of hydrogen-bond acceptors (Lipinski definition) is 6. The van der Waals surface area contributed by atoms with Crippen LogP contribution in [0.15, 0.2) is 12.4 Å². The lowest BCUT2D eigenvalue weighted by molar-refractivity contribution is -0.134. The number of aromatic nitrogens is 5. The number of carbonyl (C=O) groups is 1. The Bertz CT molecular complexity index is 737. The lowest BCUT2D eigenvalue weighted by Crippen LogP contribution is -2.26. The molecule has 0 unspecified atom stereocenters. The van der Waals surface area contributed by atoms with Gasteiger partial charge in [-0.1, -0.05) is 5.21 Å². The van der Waals surface area contributed by atoms with Crippen molar-refractivity contribution in [3.8, 4) is 0 Å². The van der Waals surface area contributed by atoms with Crippen molar-refractivity contribution in [2.75, 3.05) is 27.2 Å². The van der Waals surface area contributed by atoms with E-state index in [4.69, 9.17) is 4.74 Å². The van der Waals surface area contributed by atoms with Crippen molar-refractivity contribution in [2.45, 2.75) is 46.1 Å². The van der Waals surface area contributed by atoms with E-state index in [1.807, 2.05) is 15.6 Å². The standard InChI is InChI=1S/C17H27N7O2/c1-4-23-10-14(8-18-23)9-22-6-5-7-24-16(11-22)15(19-20-24)12-26-13-17(25)21(2)3/h8,10H,4-7,9,11-13H2,1-3H3. The predicted octanol–water partition coefficient (Wildman–Crippen LogP) is 0.505. The number of fused-ring (bicyclic) bond motifs is 1. The van der Waals surface area contributed by atoms with Crippen LogP contribution in [0.25, 0.3) is 0 Å². The molecule has 0 saturated heterocycles. The Balaban J connectivity index is 1.62. The molecule has 0 aromatic carbocycles. The molecule has 0 N–H and O–H groups in total. The van der Waals surface area contributed by atoms with Crippen molar-refractivity contribution in [3.63, 3.8) is 0 Å². The first kappa shape index (κ1) is 18.5. The zero-order valence-electron chi connectivity index (χ0n) is 15.8. The molecule has 0 bridgehead atoms. The molecule has 0 aliphatic carbocycles.